The van der Waals surface area contributed by atoms with Crippen LogP contribution in [0, 0.1) is 7.14 Å². The van der Waals surface area contributed by atoms with Crippen LogP contribution in [0.25, 0.3) is 0 Å². The van der Waals surface area contributed by atoms with Crippen LogP contribution in [0.1, 0.15) is 23.7 Å². The molecule has 0 atom stereocenters. The molecule has 18 heavy (non-hydrogen) atoms. The second-order valence-electron chi connectivity index (χ2n) is 3.75. The summed E-state index contributed by atoms with van der Waals surface area (Å²) >= 11 is 4.13. The van der Waals surface area contributed by atoms with Crippen LogP contribution in [0.4, 0.5) is 0 Å². The first kappa shape index (κ1) is 16.0. The van der Waals surface area contributed by atoms with E-state index in [0.717, 1.165) is 3.57 Å². The Morgan fingerprint density at radius 1 is 1.39 bits per heavy atom. The van der Waals surface area contributed by atoms with Crippen molar-refractivity contribution in [2.75, 3.05) is 19.7 Å². The Hall–Kier alpha value is -0.0900. The number of hydrogen-bond acceptors (Lipinski definition) is 3. The number of aromatic hydroxyl groups is 1. The second-order valence-corrected chi connectivity index (χ2v) is 6.15. The maximum atomic E-state index is 12.3. The van der Waals surface area contributed by atoms with Crippen molar-refractivity contribution in [3.05, 3.63) is 24.8 Å². The molecular weight excluding hydrogens is 460 g/mol. The number of nitrogens with zero attached hydrogens (tertiary/aromatic N) is 1. The Bertz CT molecular complexity index is 438. The van der Waals surface area contributed by atoms with Crippen LogP contribution in [0.3, 0.4) is 0 Å². The van der Waals surface area contributed by atoms with Gasteiger partial charge in [-0.3, -0.25) is 4.79 Å². The van der Waals surface area contributed by atoms with Crippen molar-refractivity contribution in [1.29, 1.82) is 0 Å². The number of aliphatic hydroxyl groups excluding tert-OH is 1. The van der Waals surface area contributed by atoms with Crippen molar-refractivity contribution in [3.63, 3.8) is 0 Å². The van der Waals surface area contributed by atoms with Crippen LogP contribution in [0.5, 0.6) is 5.75 Å². The first-order chi connectivity index (χ1) is 8.51. The Morgan fingerprint density at radius 2 is 2.06 bits per heavy atom. The second kappa shape index (κ2) is 7.49. The number of hydrogen-bond donors (Lipinski definition) is 2. The summed E-state index contributed by atoms with van der Waals surface area (Å²) < 4.78 is 1.58. The molecule has 0 aliphatic rings. The molecule has 1 aromatic rings. The Morgan fingerprint density at radius 3 is 2.61 bits per heavy atom. The predicted octanol–water partition coefficient (Wildman–Crippen LogP) is 2.45. The van der Waals surface area contributed by atoms with Crippen LogP contribution in [-0.2, 0) is 0 Å². The van der Waals surface area contributed by atoms with Gasteiger partial charge in [-0.15, -0.1) is 0 Å². The van der Waals surface area contributed by atoms with Gasteiger partial charge in [0.05, 0.1) is 9.13 Å². The molecule has 0 aliphatic carbocycles. The molecule has 1 aromatic carbocycles. The zero-order chi connectivity index (χ0) is 13.7. The number of phenols is 1. The molecular formula is C12H15I2NO3. The van der Waals surface area contributed by atoms with Crippen LogP contribution in [0.2, 0.25) is 0 Å². The number of amides is 1. The molecule has 0 bridgehead atoms. The Labute approximate surface area is 134 Å². The minimum Gasteiger partial charge on any atom is -0.506 e. The third kappa shape index (κ3) is 3.95. The molecule has 0 aliphatic heterocycles. The lowest BCUT2D eigenvalue weighted by Crippen LogP contribution is -2.32. The van der Waals surface area contributed by atoms with Crippen LogP contribution < -0.4 is 0 Å². The summed E-state index contributed by atoms with van der Waals surface area (Å²) in [5, 5.41) is 18.8. The minimum atomic E-state index is -0.195. The van der Waals surface area contributed by atoms with Crippen molar-refractivity contribution < 1.29 is 15.0 Å². The van der Waals surface area contributed by atoms with Gasteiger partial charge in [0.2, 0.25) is 0 Å². The topological polar surface area (TPSA) is 60.8 Å². The fraction of sp³-hybridized carbons (Fsp3) is 0.417. The van der Waals surface area contributed by atoms with Crippen LogP contribution in [-0.4, -0.2) is 40.7 Å². The number of rotatable bonds is 5. The minimum absolute atomic E-state index is 0.0310. The lowest BCUT2D eigenvalue weighted by molar-refractivity contribution is 0.0751. The Balaban J connectivity index is 3.01. The van der Waals surface area contributed by atoms with Gasteiger partial charge in [0.25, 0.3) is 5.91 Å². The van der Waals surface area contributed by atoms with E-state index >= 15 is 0 Å². The van der Waals surface area contributed by atoms with E-state index < -0.39 is 0 Å². The number of benzene rings is 1. The van der Waals surface area contributed by atoms with Gasteiger partial charge in [-0.2, -0.15) is 0 Å². The van der Waals surface area contributed by atoms with Crippen molar-refractivity contribution in [2.24, 2.45) is 0 Å². The lowest BCUT2D eigenvalue weighted by atomic mass is 10.1. The quantitative estimate of drug-likeness (QED) is 0.644. The van der Waals surface area contributed by atoms with E-state index in [1.807, 2.05) is 35.6 Å². The number of carbonyl (C=O) groups is 1. The van der Waals surface area contributed by atoms with Gasteiger partial charge in [0.1, 0.15) is 5.75 Å². The molecule has 0 radical (unpaired) electrons. The van der Waals surface area contributed by atoms with Gasteiger partial charge in [-0.25, -0.2) is 0 Å². The summed E-state index contributed by atoms with van der Waals surface area (Å²) in [6, 6.07) is 3.50. The molecule has 0 aromatic heterocycles. The molecule has 1 amide bonds. The fourth-order valence-corrected chi connectivity index (χ4v) is 3.41. The molecule has 6 heteroatoms. The molecule has 4 nitrogen and oxygen atoms in total. The van der Waals surface area contributed by atoms with E-state index in [1.54, 1.807) is 11.0 Å². The summed E-state index contributed by atoms with van der Waals surface area (Å²) in [5.74, 6) is -0.164. The molecule has 0 saturated carbocycles. The Kier molecular flexibility index (Phi) is 6.64. The van der Waals surface area contributed by atoms with Crippen molar-refractivity contribution in [3.8, 4) is 5.75 Å². The molecule has 0 unspecified atom stereocenters. The standard InChI is InChI=1S/C12H15I2NO3/c1-2-15(4-3-5-16)12(18)9-6-8(13)7-10(14)11(9)17/h6-7,16-17H,2-5H2,1H3. The van der Waals surface area contributed by atoms with Crippen LogP contribution >= 0.6 is 45.2 Å². The zero-order valence-corrected chi connectivity index (χ0v) is 14.3. The SMILES string of the molecule is CCN(CCCO)C(=O)c1cc(I)cc(I)c1O. The zero-order valence-electron chi connectivity index (χ0n) is 9.99. The van der Waals surface area contributed by atoms with E-state index in [2.05, 4.69) is 22.6 Å². The van der Waals surface area contributed by atoms with E-state index in [0.29, 0.717) is 28.6 Å². The maximum Gasteiger partial charge on any atom is 0.257 e. The average Bonchev–Trinajstić information content (AvgIpc) is 2.34. The first-order valence-electron chi connectivity index (χ1n) is 5.59. The van der Waals surface area contributed by atoms with Gasteiger partial charge >= 0.3 is 0 Å². The summed E-state index contributed by atoms with van der Waals surface area (Å²) in [4.78, 5) is 13.9. The number of carbonyl (C=O) groups excluding carboxylic acids is 1. The molecule has 0 saturated heterocycles. The van der Waals surface area contributed by atoms with Gasteiger partial charge in [0.15, 0.2) is 0 Å². The number of aliphatic hydroxyl groups is 1. The molecule has 1 rings (SSSR count). The molecule has 0 heterocycles. The monoisotopic (exact) mass is 475 g/mol. The highest BCUT2D eigenvalue weighted by atomic mass is 127. The fourth-order valence-electron chi connectivity index (χ4n) is 1.56. The highest BCUT2D eigenvalue weighted by molar-refractivity contribution is 14.1. The third-order valence-corrected chi connectivity index (χ3v) is 3.96. The van der Waals surface area contributed by atoms with Crippen molar-refractivity contribution in [1.82, 2.24) is 4.90 Å². The van der Waals surface area contributed by atoms with Gasteiger partial charge in [-0.05, 0) is 70.7 Å². The normalized spacial score (nSPS) is 10.4. The van der Waals surface area contributed by atoms with Crippen molar-refractivity contribution >= 4 is 51.1 Å². The third-order valence-electron chi connectivity index (χ3n) is 2.51. The number of halogens is 2. The average molecular weight is 475 g/mol. The van der Waals surface area contributed by atoms with E-state index in [1.165, 1.54) is 0 Å². The summed E-state index contributed by atoms with van der Waals surface area (Å²) in [7, 11) is 0. The lowest BCUT2D eigenvalue weighted by Gasteiger charge is -2.21. The molecule has 2 N–H and O–H groups in total. The van der Waals surface area contributed by atoms with E-state index in [-0.39, 0.29) is 18.3 Å². The van der Waals surface area contributed by atoms with Gasteiger partial charge in [-0.1, -0.05) is 0 Å². The maximum absolute atomic E-state index is 12.3. The smallest absolute Gasteiger partial charge is 0.257 e. The summed E-state index contributed by atoms with van der Waals surface area (Å²) in [6.45, 7) is 2.98. The predicted molar refractivity (Wildman–Crippen MR) is 86.8 cm³/mol. The summed E-state index contributed by atoms with van der Waals surface area (Å²) in [6.07, 6.45) is 0.543. The van der Waals surface area contributed by atoms with Gasteiger partial charge in [0, 0.05) is 23.3 Å². The summed E-state index contributed by atoms with van der Waals surface area (Å²) in [5.41, 5.74) is 0.325. The largest absolute Gasteiger partial charge is 0.506 e. The molecule has 100 valence electrons. The van der Waals surface area contributed by atoms with Crippen LogP contribution in [0.15, 0.2) is 12.1 Å². The highest BCUT2D eigenvalue weighted by Crippen LogP contribution is 2.28. The number of phenolic OH excluding ortho intramolecular Hbond substituents is 1. The highest BCUT2D eigenvalue weighted by Gasteiger charge is 2.19. The first-order valence-corrected chi connectivity index (χ1v) is 7.75. The van der Waals surface area contributed by atoms with E-state index in [9.17, 15) is 9.90 Å². The van der Waals surface area contributed by atoms with E-state index in [4.69, 9.17) is 5.11 Å². The van der Waals surface area contributed by atoms with Crippen molar-refractivity contribution in [2.45, 2.75) is 13.3 Å². The molecule has 0 spiro atoms. The molecule has 0 fully saturated rings. The van der Waals surface area contributed by atoms with Gasteiger partial charge < -0.3 is 15.1 Å².